The van der Waals surface area contributed by atoms with Crippen molar-refractivity contribution in [1.29, 1.82) is 0 Å². The molecule has 0 saturated carbocycles. The van der Waals surface area contributed by atoms with E-state index in [0.29, 0.717) is 17.2 Å². The van der Waals surface area contributed by atoms with E-state index in [1.165, 1.54) is 6.33 Å². The summed E-state index contributed by atoms with van der Waals surface area (Å²) in [6, 6.07) is 2.76. The molecule has 0 amide bonds. The van der Waals surface area contributed by atoms with Crippen LogP contribution in [0.5, 0.6) is 0 Å². The highest BCUT2D eigenvalue weighted by Crippen LogP contribution is 2.17. The molecule has 0 aromatic carbocycles. The molecule has 5 heteroatoms. The van der Waals surface area contributed by atoms with Crippen molar-refractivity contribution in [3.8, 4) is 0 Å². The summed E-state index contributed by atoms with van der Waals surface area (Å²) in [5, 5.41) is 3.97. The summed E-state index contributed by atoms with van der Waals surface area (Å²) in [5.74, 6) is 0.912. The van der Waals surface area contributed by atoms with E-state index in [0.717, 1.165) is 18.9 Å². The van der Waals surface area contributed by atoms with Gasteiger partial charge in [0.2, 0.25) is 0 Å². The summed E-state index contributed by atoms with van der Waals surface area (Å²) in [5.41, 5.74) is 0. The normalized spacial score (nSPS) is 26.7. The van der Waals surface area contributed by atoms with Crippen molar-refractivity contribution in [3.05, 3.63) is 17.5 Å². The molecule has 82 valence electrons. The van der Waals surface area contributed by atoms with Crippen LogP contribution in [0.1, 0.15) is 13.8 Å². The standard InChI is InChI=1S/C10H15ClN4/c1-7-4-15(5-8(2)14-7)10-3-9(11)12-6-13-10/h3,6-8,14H,4-5H2,1-2H3/t7-,8+. The predicted molar refractivity (Wildman–Crippen MR) is 61.3 cm³/mol. The van der Waals surface area contributed by atoms with Crippen LogP contribution >= 0.6 is 11.6 Å². The molecule has 1 aliphatic rings. The molecule has 2 atom stereocenters. The number of halogens is 1. The zero-order valence-corrected chi connectivity index (χ0v) is 9.70. The first-order chi connectivity index (χ1) is 7.15. The third kappa shape index (κ3) is 2.58. The van der Waals surface area contributed by atoms with Crippen LogP contribution in [0.25, 0.3) is 0 Å². The maximum absolute atomic E-state index is 5.84. The summed E-state index contributed by atoms with van der Waals surface area (Å²) >= 11 is 5.84. The van der Waals surface area contributed by atoms with E-state index in [9.17, 15) is 0 Å². The minimum absolute atomic E-state index is 0.475. The molecule has 0 bridgehead atoms. The minimum Gasteiger partial charge on any atom is -0.353 e. The van der Waals surface area contributed by atoms with Crippen LogP contribution in [0.3, 0.4) is 0 Å². The number of rotatable bonds is 1. The van der Waals surface area contributed by atoms with Gasteiger partial charge in [-0.1, -0.05) is 11.6 Å². The minimum atomic E-state index is 0.475. The molecule has 15 heavy (non-hydrogen) atoms. The highest BCUT2D eigenvalue weighted by atomic mass is 35.5. The van der Waals surface area contributed by atoms with E-state index in [2.05, 4.69) is 34.0 Å². The van der Waals surface area contributed by atoms with E-state index in [1.807, 2.05) is 6.07 Å². The van der Waals surface area contributed by atoms with Gasteiger partial charge in [0.25, 0.3) is 0 Å². The number of hydrogen-bond acceptors (Lipinski definition) is 4. The molecule has 4 nitrogen and oxygen atoms in total. The van der Waals surface area contributed by atoms with Gasteiger partial charge in [-0.3, -0.25) is 0 Å². The molecule has 2 rings (SSSR count). The fourth-order valence-corrected chi connectivity index (χ4v) is 2.15. The monoisotopic (exact) mass is 226 g/mol. The Balaban J connectivity index is 2.16. The Morgan fingerprint density at radius 3 is 2.60 bits per heavy atom. The van der Waals surface area contributed by atoms with Gasteiger partial charge < -0.3 is 10.2 Å². The van der Waals surface area contributed by atoms with Crippen LogP contribution < -0.4 is 10.2 Å². The third-order valence-electron chi connectivity index (χ3n) is 2.50. The lowest BCUT2D eigenvalue weighted by molar-refractivity contribution is 0.405. The number of aromatic nitrogens is 2. The molecule has 1 fully saturated rings. The summed E-state index contributed by atoms with van der Waals surface area (Å²) in [7, 11) is 0. The Kier molecular flexibility index (Phi) is 3.07. The Bertz CT molecular complexity index is 334. The first-order valence-corrected chi connectivity index (χ1v) is 5.51. The second kappa shape index (κ2) is 4.33. The topological polar surface area (TPSA) is 41.1 Å². The van der Waals surface area contributed by atoms with Gasteiger partial charge in [0.15, 0.2) is 0 Å². The fourth-order valence-electron chi connectivity index (χ4n) is 2.01. The van der Waals surface area contributed by atoms with Gasteiger partial charge in [-0.05, 0) is 13.8 Å². The summed E-state index contributed by atoms with van der Waals surface area (Å²) in [6.07, 6.45) is 1.51. The smallest absolute Gasteiger partial charge is 0.134 e. The lowest BCUT2D eigenvalue weighted by Crippen LogP contribution is -2.54. The van der Waals surface area contributed by atoms with E-state index < -0.39 is 0 Å². The van der Waals surface area contributed by atoms with Crippen LogP contribution in [0, 0.1) is 0 Å². The second-order valence-corrected chi connectivity index (χ2v) is 4.46. The summed E-state index contributed by atoms with van der Waals surface area (Å²) in [6.45, 7) is 6.26. The lowest BCUT2D eigenvalue weighted by Gasteiger charge is -2.36. The number of hydrogen-bond donors (Lipinski definition) is 1. The molecule has 1 N–H and O–H groups in total. The van der Waals surface area contributed by atoms with E-state index in [-0.39, 0.29) is 0 Å². The molecule has 0 radical (unpaired) electrons. The second-order valence-electron chi connectivity index (χ2n) is 4.07. The van der Waals surface area contributed by atoms with E-state index >= 15 is 0 Å². The van der Waals surface area contributed by atoms with Crippen molar-refractivity contribution >= 4 is 17.4 Å². The Morgan fingerprint density at radius 2 is 2.00 bits per heavy atom. The maximum atomic E-state index is 5.84. The van der Waals surface area contributed by atoms with Gasteiger partial charge >= 0.3 is 0 Å². The molecule has 2 heterocycles. The van der Waals surface area contributed by atoms with Gasteiger partial charge in [-0.25, -0.2) is 9.97 Å². The average Bonchev–Trinajstić information content (AvgIpc) is 2.16. The molecule has 1 aliphatic heterocycles. The number of piperazine rings is 1. The number of nitrogens with zero attached hydrogens (tertiary/aromatic N) is 3. The van der Waals surface area contributed by atoms with Crippen molar-refractivity contribution in [2.24, 2.45) is 0 Å². The summed E-state index contributed by atoms with van der Waals surface area (Å²) in [4.78, 5) is 10.4. The molecular weight excluding hydrogens is 212 g/mol. The van der Waals surface area contributed by atoms with Crippen LogP contribution in [0.2, 0.25) is 5.15 Å². The first kappa shape index (κ1) is 10.6. The van der Waals surface area contributed by atoms with E-state index in [4.69, 9.17) is 11.6 Å². The predicted octanol–water partition coefficient (Wildman–Crippen LogP) is 1.32. The SMILES string of the molecule is C[C@@H]1CN(c2cc(Cl)ncn2)C[C@H](C)N1. The van der Waals surface area contributed by atoms with Crippen LogP contribution in [-0.4, -0.2) is 35.1 Å². The zero-order chi connectivity index (χ0) is 10.8. The largest absolute Gasteiger partial charge is 0.353 e. The highest BCUT2D eigenvalue weighted by molar-refractivity contribution is 6.29. The van der Waals surface area contributed by atoms with Crippen molar-refractivity contribution in [2.75, 3.05) is 18.0 Å². The van der Waals surface area contributed by atoms with Gasteiger partial charge in [0, 0.05) is 31.2 Å². The first-order valence-electron chi connectivity index (χ1n) is 5.13. The molecule has 0 spiro atoms. The van der Waals surface area contributed by atoms with Gasteiger partial charge in [0.05, 0.1) is 0 Å². The Morgan fingerprint density at radius 1 is 1.33 bits per heavy atom. The Labute approximate surface area is 94.7 Å². The molecule has 1 aromatic heterocycles. The average molecular weight is 227 g/mol. The molecular formula is C10H15ClN4. The number of anilines is 1. The molecule has 0 aliphatic carbocycles. The summed E-state index contributed by atoms with van der Waals surface area (Å²) < 4.78 is 0. The van der Waals surface area contributed by atoms with E-state index in [1.54, 1.807) is 0 Å². The Hall–Kier alpha value is -0.870. The van der Waals surface area contributed by atoms with Gasteiger partial charge in [0.1, 0.15) is 17.3 Å². The zero-order valence-electron chi connectivity index (χ0n) is 8.94. The maximum Gasteiger partial charge on any atom is 0.134 e. The van der Waals surface area contributed by atoms with Crippen LogP contribution in [0.4, 0.5) is 5.82 Å². The highest BCUT2D eigenvalue weighted by Gasteiger charge is 2.21. The van der Waals surface area contributed by atoms with Crippen LogP contribution in [-0.2, 0) is 0 Å². The van der Waals surface area contributed by atoms with Crippen LogP contribution in [0.15, 0.2) is 12.4 Å². The van der Waals surface area contributed by atoms with Crippen molar-refractivity contribution in [1.82, 2.24) is 15.3 Å². The van der Waals surface area contributed by atoms with Crippen molar-refractivity contribution in [2.45, 2.75) is 25.9 Å². The van der Waals surface area contributed by atoms with Gasteiger partial charge in [-0.2, -0.15) is 0 Å². The quantitative estimate of drug-likeness (QED) is 0.734. The third-order valence-corrected chi connectivity index (χ3v) is 2.71. The fraction of sp³-hybridized carbons (Fsp3) is 0.600. The lowest BCUT2D eigenvalue weighted by atomic mass is 10.1. The van der Waals surface area contributed by atoms with Gasteiger partial charge in [-0.15, -0.1) is 0 Å². The molecule has 0 unspecified atom stereocenters. The molecule has 1 saturated heterocycles. The van der Waals surface area contributed by atoms with Crippen molar-refractivity contribution < 1.29 is 0 Å². The number of nitrogens with one attached hydrogen (secondary N) is 1. The van der Waals surface area contributed by atoms with Crippen molar-refractivity contribution in [3.63, 3.8) is 0 Å². The molecule has 1 aromatic rings.